The van der Waals surface area contributed by atoms with Gasteiger partial charge in [-0.15, -0.1) is 0 Å². The van der Waals surface area contributed by atoms with Crippen molar-refractivity contribution >= 4 is 11.6 Å². The van der Waals surface area contributed by atoms with Crippen LogP contribution in [0.3, 0.4) is 0 Å². The predicted octanol–water partition coefficient (Wildman–Crippen LogP) is 2.05. The molecule has 25 heavy (non-hydrogen) atoms. The van der Waals surface area contributed by atoms with Crippen LogP contribution in [0.4, 0.5) is 5.69 Å². The number of fused-ring (bicyclic) bond motifs is 1. The molecule has 0 atom stereocenters. The molecule has 5 nitrogen and oxygen atoms in total. The van der Waals surface area contributed by atoms with E-state index in [-0.39, 0.29) is 5.91 Å². The van der Waals surface area contributed by atoms with E-state index < -0.39 is 0 Å². The Bertz CT molecular complexity index is 788. The Balaban J connectivity index is 1.49. The molecule has 1 amide bonds. The highest BCUT2D eigenvalue weighted by molar-refractivity contribution is 5.96. The molecule has 1 aliphatic rings. The van der Waals surface area contributed by atoms with Gasteiger partial charge in [0.05, 0.1) is 12.5 Å². The maximum Gasteiger partial charge on any atom is 0.282 e. The summed E-state index contributed by atoms with van der Waals surface area (Å²) in [6.45, 7) is 2.45. The number of quaternary nitrogens is 1. The Morgan fingerprint density at radius 1 is 0.960 bits per heavy atom. The third-order valence-electron chi connectivity index (χ3n) is 4.60. The number of nitrogens with one attached hydrogen (secondary N) is 1. The molecule has 2 aromatic heterocycles. The Hall–Kier alpha value is -2.79. The van der Waals surface area contributed by atoms with Gasteiger partial charge in [-0.3, -0.25) is 4.79 Å². The molecule has 3 heterocycles. The molecule has 4 rings (SSSR count). The smallest absolute Gasteiger partial charge is 0.282 e. The van der Waals surface area contributed by atoms with Crippen LogP contribution in [-0.2, 0) is 24.3 Å². The first-order valence-electron chi connectivity index (χ1n) is 8.56. The summed E-state index contributed by atoms with van der Waals surface area (Å²) < 4.78 is 10.9. The molecule has 0 bridgehead atoms. The lowest BCUT2D eigenvalue weighted by atomic mass is 10.2. The van der Waals surface area contributed by atoms with Crippen molar-refractivity contribution in [2.45, 2.75) is 19.5 Å². The molecule has 0 aliphatic carbocycles. The molecule has 0 saturated heterocycles. The monoisotopic (exact) mass is 337 g/mol. The Labute approximate surface area is 146 Å². The van der Waals surface area contributed by atoms with E-state index in [9.17, 15) is 4.79 Å². The highest BCUT2D eigenvalue weighted by atomic mass is 16.3. The normalized spacial score (nSPS) is 13.4. The minimum absolute atomic E-state index is 0.137. The fraction of sp³-hybridized carbons (Fsp3) is 0.250. The van der Waals surface area contributed by atoms with Gasteiger partial charge in [0.1, 0.15) is 13.1 Å². The molecule has 128 valence electrons. The van der Waals surface area contributed by atoms with Gasteiger partial charge < -0.3 is 18.6 Å². The summed E-state index contributed by atoms with van der Waals surface area (Å²) >= 11 is 0. The lowest BCUT2D eigenvalue weighted by Gasteiger charge is -2.22. The minimum Gasteiger partial charge on any atom is -0.463 e. The molecule has 1 aromatic carbocycles. The number of carbonyl (C=O) groups is 1. The predicted molar refractivity (Wildman–Crippen MR) is 93.2 cm³/mol. The number of anilines is 1. The van der Waals surface area contributed by atoms with Crippen LogP contribution < -0.4 is 9.80 Å². The first-order valence-corrected chi connectivity index (χ1v) is 8.56. The fourth-order valence-electron chi connectivity index (χ4n) is 3.41. The van der Waals surface area contributed by atoms with E-state index in [4.69, 9.17) is 8.83 Å². The zero-order chi connectivity index (χ0) is 17.1. The molecule has 0 fully saturated rings. The van der Waals surface area contributed by atoms with Gasteiger partial charge in [0.25, 0.3) is 5.91 Å². The van der Waals surface area contributed by atoms with Crippen LogP contribution >= 0.6 is 0 Å². The van der Waals surface area contributed by atoms with E-state index in [2.05, 4.69) is 6.07 Å². The molecule has 0 spiro atoms. The van der Waals surface area contributed by atoms with Crippen LogP contribution in [0.5, 0.6) is 0 Å². The number of rotatable bonds is 6. The first-order chi connectivity index (χ1) is 12.3. The number of para-hydroxylation sites is 1. The number of furan rings is 2. The quantitative estimate of drug-likeness (QED) is 0.749. The highest BCUT2D eigenvalue weighted by Gasteiger charge is 2.28. The Morgan fingerprint density at radius 3 is 2.28 bits per heavy atom. The second kappa shape index (κ2) is 6.99. The molecule has 0 unspecified atom stereocenters. The van der Waals surface area contributed by atoms with Crippen molar-refractivity contribution in [1.29, 1.82) is 0 Å². The number of amides is 1. The average Bonchev–Trinajstić information content (AvgIpc) is 3.36. The number of benzene rings is 1. The zero-order valence-electron chi connectivity index (χ0n) is 14.0. The summed E-state index contributed by atoms with van der Waals surface area (Å²) in [5.74, 6) is 1.88. The lowest BCUT2D eigenvalue weighted by Crippen LogP contribution is -3.10. The first kappa shape index (κ1) is 15.7. The zero-order valence-corrected chi connectivity index (χ0v) is 14.0. The summed E-state index contributed by atoms with van der Waals surface area (Å²) in [6, 6.07) is 15.8. The van der Waals surface area contributed by atoms with Crippen molar-refractivity contribution in [2.24, 2.45) is 0 Å². The standard InChI is InChI=1S/C20H20N2O3/c23-20(22-10-9-16-5-1-2-8-19(16)22)15-21(13-17-6-3-11-24-17)14-18-7-4-12-25-18/h1-8,11-12H,9-10,13-15H2/p+1. The van der Waals surface area contributed by atoms with Crippen molar-refractivity contribution in [1.82, 2.24) is 0 Å². The van der Waals surface area contributed by atoms with E-state index in [1.807, 2.05) is 47.4 Å². The van der Waals surface area contributed by atoms with Crippen LogP contribution in [0.1, 0.15) is 17.1 Å². The van der Waals surface area contributed by atoms with Crippen LogP contribution in [-0.4, -0.2) is 19.0 Å². The highest BCUT2D eigenvalue weighted by Crippen LogP contribution is 2.27. The maximum absolute atomic E-state index is 12.9. The number of carbonyl (C=O) groups excluding carboxylic acids is 1. The van der Waals surface area contributed by atoms with Gasteiger partial charge >= 0.3 is 0 Å². The van der Waals surface area contributed by atoms with Crippen LogP contribution in [0.25, 0.3) is 0 Å². The van der Waals surface area contributed by atoms with Gasteiger partial charge in [-0.05, 0) is 42.3 Å². The summed E-state index contributed by atoms with van der Waals surface area (Å²) in [4.78, 5) is 15.9. The average molecular weight is 337 g/mol. The second-order valence-electron chi connectivity index (χ2n) is 6.36. The van der Waals surface area contributed by atoms with E-state index >= 15 is 0 Å². The minimum atomic E-state index is 0.137. The topological polar surface area (TPSA) is 51.0 Å². The van der Waals surface area contributed by atoms with Crippen LogP contribution in [0.15, 0.2) is 69.9 Å². The van der Waals surface area contributed by atoms with Crippen LogP contribution in [0.2, 0.25) is 0 Å². The van der Waals surface area contributed by atoms with E-state index in [0.29, 0.717) is 19.6 Å². The SMILES string of the molecule is O=C(C[NH+](Cc1ccco1)Cc1ccco1)N1CCc2ccccc21. The van der Waals surface area contributed by atoms with Crippen molar-refractivity contribution in [3.63, 3.8) is 0 Å². The van der Waals surface area contributed by atoms with Gasteiger partial charge in [-0.25, -0.2) is 0 Å². The van der Waals surface area contributed by atoms with Crippen LogP contribution in [0, 0.1) is 0 Å². The van der Waals surface area contributed by atoms with E-state index in [1.54, 1.807) is 12.5 Å². The van der Waals surface area contributed by atoms with E-state index in [0.717, 1.165) is 35.1 Å². The Morgan fingerprint density at radius 2 is 1.64 bits per heavy atom. The molecule has 0 radical (unpaired) electrons. The lowest BCUT2D eigenvalue weighted by molar-refractivity contribution is -0.921. The summed E-state index contributed by atoms with van der Waals surface area (Å²) in [5.41, 5.74) is 2.29. The van der Waals surface area contributed by atoms with Crippen molar-refractivity contribution in [3.05, 3.63) is 78.1 Å². The molecule has 1 N–H and O–H groups in total. The Kier molecular flexibility index (Phi) is 4.39. The van der Waals surface area contributed by atoms with Crippen molar-refractivity contribution in [2.75, 3.05) is 18.0 Å². The third kappa shape index (κ3) is 3.51. The molecule has 3 aromatic rings. The number of nitrogens with zero attached hydrogens (tertiary/aromatic N) is 1. The summed E-state index contributed by atoms with van der Waals surface area (Å²) in [6.07, 6.45) is 4.25. The largest absolute Gasteiger partial charge is 0.463 e. The second-order valence-corrected chi connectivity index (χ2v) is 6.36. The summed E-state index contributed by atoms with van der Waals surface area (Å²) in [7, 11) is 0. The fourth-order valence-corrected chi connectivity index (χ4v) is 3.41. The number of hydrogen-bond acceptors (Lipinski definition) is 3. The third-order valence-corrected chi connectivity index (χ3v) is 4.60. The van der Waals surface area contributed by atoms with Crippen molar-refractivity contribution < 1.29 is 18.5 Å². The van der Waals surface area contributed by atoms with Gasteiger partial charge in [0.15, 0.2) is 18.1 Å². The maximum atomic E-state index is 12.9. The number of hydrogen-bond donors (Lipinski definition) is 1. The molecule has 1 aliphatic heterocycles. The molecule has 0 saturated carbocycles. The van der Waals surface area contributed by atoms with Gasteiger partial charge in [0.2, 0.25) is 0 Å². The molecular formula is C20H21N2O3+. The van der Waals surface area contributed by atoms with Gasteiger partial charge in [0, 0.05) is 12.2 Å². The summed E-state index contributed by atoms with van der Waals surface area (Å²) in [5, 5.41) is 0. The van der Waals surface area contributed by atoms with Crippen molar-refractivity contribution in [3.8, 4) is 0 Å². The molecular weight excluding hydrogens is 316 g/mol. The molecule has 5 heteroatoms. The van der Waals surface area contributed by atoms with Gasteiger partial charge in [-0.2, -0.15) is 0 Å². The van der Waals surface area contributed by atoms with Gasteiger partial charge in [-0.1, -0.05) is 18.2 Å². The van der Waals surface area contributed by atoms with E-state index in [1.165, 1.54) is 5.56 Å².